The van der Waals surface area contributed by atoms with Crippen LogP contribution in [0.25, 0.3) is 0 Å². The van der Waals surface area contributed by atoms with Crippen LogP contribution in [0.3, 0.4) is 0 Å². The summed E-state index contributed by atoms with van der Waals surface area (Å²) < 4.78 is 7.02. The lowest BCUT2D eigenvalue weighted by molar-refractivity contribution is -0.117. The van der Waals surface area contributed by atoms with E-state index in [2.05, 4.69) is 4.99 Å². The van der Waals surface area contributed by atoms with E-state index in [-0.39, 0.29) is 18.1 Å². The molecule has 21 heavy (non-hydrogen) atoms. The molecule has 6 heteroatoms. The first kappa shape index (κ1) is 15.2. The van der Waals surface area contributed by atoms with Crippen LogP contribution in [0.15, 0.2) is 34.8 Å². The highest BCUT2D eigenvalue weighted by Crippen LogP contribution is 2.21. The van der Waals surface area contributed by atoms with E-state index >= 15 is 0 Å². The van der Waals surface area contributed by atoms with E-state index in [0.717, 1.165) is 0 Å². The van der Waals surface area contributed by atoms with Crippen molar-refractivity contribution in [3.05, 3.63) is 45.7 Å². The molecule has 0 radical (unpaired) electrons. The average Bonchev–Trinajstić information content (AvgIpc) is 2.84. The van der Waals surface area contributed by atoms with Crippen LogP contribution < -0.4 is 9.54 Å². The number of hydrogen-bond acceptors (Lipinski definition) is 4. The third-order valence-corrected chi connectivity index (χ3v) is 3.86. The van der Waals surface area contributed by atoms with Gasteiger partial charge in [0.15, 0.2) is 10.6 Å². The van der Waals surface area contributed by atoms with Gasteiger partial charge in [0.1, 0.15) is 5.75 Å². The lowest BCUT2D eigenvalue weighted by Gasteiger charge is -2.08. The zero-order chi connectivity index (χ0) is 15.4. The number of rotatable bonds is 4. The Kier molecular flexibility index (Phi) is 4.70. The summed E-state index contributed by atoms with van der Waals surface area (Å²) >= 11 is 1.40. The number of Topliss-reactive ketones (excluding diaryl/α,β-unsaturated/α-hetero) is 1. The van der Waals surface area contributed by atoms with Crippen LogP contribution in [0.4, 0.5) is 0 Å². The standard InChI is InChI=1S/C15H16N2O3S/c1-10(18)11-4-5-13(20-3)12(8-11)9-14(19)16-15-17(2)6-7-21-15/h4-8H,9H2,1-3H3. The molecule has 110 valence electrons. The SMILES string of the molecule is COc1ccc(C(C)=O)cc1CC(=O)N=c1sccn1C. The van der Waals surface area contributed by atoms with Crippen LogP contribution >= 0.6 is 11.3 Å². The summed E-state index contributed by atoms with van der Waals surface area (Å²) in [6.45, 7) is 1.49. The van der Waals surface area contributed by atoms with Crippen molar-refractivity contribution < 1.29 is 14.3 Å². The summed E-state index contributed by atoms with van der Waals surface area (Å²) in [7, 11) is 3.37. The Morgan fingerprint density at radius 2 is 2.14 bits per heavy atom. The summed E-state index contributed by atoms with van der Waals surface area (Å²) in [5, 5.41) is 1.86. The third-order valence-electron chi connectivity index (χ3n) is 3.01. The monoisotopic (exact) mass is 304 g/mol. The molecule has 1 heterocycles. The molecule has 5 nitrogen and oxygen atoms in total. The van der Waals surface area contributed by atoms with Gasteiger partial charge in [0.25, 0.3) is 5.91 Å². The molecule has 0 aliphatic rings. The highest BCUT2D eigenvalue weighted by Gasteiger charge is 2.11. The largest absolute Gasteiger partial charge is 0.496 e. The second kappa shape index (κ2) is 6.49. The zero-order valence-electron chi connectivity index (χ0n) is 12.1. The van der Waals surface area contributed by atoms with E-state index in [1.807, 2.05) is 18.6 Å². The van der Waals surface area contributed by atoms with Gasteiger partial charge in [-0.05, 0) is 25.1 Å². The highest BCUT2D eigenvalue weighted by atomic mass is 32.1. The maximum Gasteiger partial charge on any atom is 0.252 e. The van der Waals surface area contributed by atoms with Crippen molar-refractivity contribution in [2.24, 2.45) is 12.0 Å². The van der Waals surface area contributed by atoms with E-state index in [1.165, 1.54) is 25.4 Å². The molecule has 0 aliphatic heterocycles. The van der Waals surface area contributed by atoms with Crippen LogP contribution in [0.5, 0.6) is 5.75 Å². The van der Waals surface area contributed by atoms with Gasteiger partial charge in [0.2, 0.25) is 0 Å². The number of thiazole rings is 1. The summed E-state index contributed by atoms with van der Waals surface area (Å²) in [5.74, 6) is 0.263. The van der Waals surface area contributed by atoms with Gasteiger partial charge < -0.3 is 9.30 Å². The molecule has 1 amide bonds. The Morgan fingerprint density at radius 3 is 2.71 bits per heavy atom. The number of ketones is 1. The molecular formula is C15H16N2O3S. The molecular weight excluding hydrogens is 288 g/mol. The molecule has 1 aromatic carbocycles. The Morgan fingerprint density at radius 1 is 1.38 bits per heavy atom. The first-order valence-corrected chi connectivity index (χ1v) is 7.24. The van der Waals surface area contributed by atoms with Crippen LogP contribution in [0.1, 0.15) is 22.8 Å². The quantitative estimate of drug-likeness (QED) is 0.811. The number of methoxy groups -OCH3 is 1. The van der Waals surface area contributed by atoms with E-state index in [4.69, 9.17) is 4.74 Å². The minimum atomic E-state index is -0.271. The Balaban J connectivity index is 2.30. The fraction of sp³-hybridized carbons (Fsp3) is 0.267. The van der Waals surface area contributed by atoms with Gasteiger partial charge in [-0.25, -0.2) is 0 Å². The van der Waals surface area contributed by atoms with Crippen molar-refractivity contribution in [3.8, 4) is 5.75 Å². The lowest BCUT2D eigenvalue weighted by Crippen LogP contribution is -2.14. The molecule has 0 atom stereocenters. The maximum absolute atomic E-state index is 12.1. The molecule has 2 aromatic rings. The molecule has 0 unspecified atom stereocenters. The minimum Gasteiger partial charge on any atom is -0.496 e. The molecule has 0 bridgehead atoms. The van der Waals surface area contributed by atoms with Crippen molar-refractivity contribution in [1.29, 1.82) is 0 Å². The van der Waals surface area contributed by atoms with Crippen LogP contribution in [0.2, 0.25) is 0 Å². The van der Waals surface area contributed by atoms with Crippen molar-refractivity contribution in [1.82, 2.24) is 4.57 Å². The molecule has 0 saturated carbocycles. The fourth-order valence-electron chi connectivity index (χ4n) is 1.88. The first-order chi connectivity index (χ1) is 10.0. The predicted octanol–water partition coefficient (Wildman–Crippen LogP) is 1.97. The molecule has 1 aromatic heterocycles. The van der Waals surface area contributed by atoms with Crippen molar-refractivity contribution >= 4 is 23.0 Å². The van der Waals surface area contributed by atoms with Gasteiger partial charge in [-0.15, -0.1) is 11.3 Å². The third kappa shape index (κ3) is 3.66. The van der Waals surface area contributed by atoms with Crippen molar-refractivity contribution in [2.45, 2.75) is 13.3 Å². The second-order valence-electron chi connectivity index (χ2n) is 4.56. The normalized spacial score (nSPS) is 11.5. The Bertz CT molecular complexity index is 743. The molecule has 0 saturated heterocycles. The average molecular weight is 304 g/mol. The number of aryl methyl sites for hydroxylation is 1. The van der Waals surface area contributed by atoms with Crippen molar-refractivity contribution in [3.63, 3.8) is 0 Å². The fourth-order valence-corrected chi connectivity index (χ4v) is 2.63. The number of amides is 1. The summed E-state index contributed by atoms with van der Waals surface area (Å²) in [5.41, 5.74) is 1.22. The summed E-state index contributed by atoms with van der Waals surface area (Å²) in [4.78, 5) is 28.2. The van der Waals surface area contributed by atoms with E-state index < -0.39 is 0 Å². The van der Waals surface area contributed by atoms with Crippen LogP contribution in [0, 0.1) is 0 Å². The molecule has 0 N–H and O–H groups in total. The van der Waals surface area contributed by atoms with Crippen molar-refractivity contribution in [2.75, 3.05) is 7.11 Å². The zero-order valence-corrected chi connectivity index (χ0v) is 12.9. The lowest BCUT2D eigenvalue weighted by atomic mass is 10.0. The number of carbonyl (C=O) groups is 2. The van der Waals surface area contributed by atoms with Gasteiger partial charge >= 0.3 is 0 Å². The number of carbonyl (C=O) groups excluding carboxylic acids is 2. The van der Waals surface area contributed by atoms with Gasteiger partial charge in [-0.3, -0.25) is 9.59 Å². The number of nitrogens with zero attached hydrogens (tertiary/aromatic N) is 2. The Hall–Kier alpha value is -2.21. The van der Waals surface area contributed by atoms with Crippen LogP contribution in [-0.2, 0) is 18.3 Å². The van der Waals surface area contributed by atoms with Crippen LogP contribution in [-0.4, -0.2) is 23.4 Å². The topological polar surface area (TPSA) is 60.7 Å². The molecule has 0 spiro atoms. The van der Waals surface area contributed by atoms with E-state index in [1.54, 1.807) is 22.8 Å². The predicted molar refractivity (Wildman–Crippen MR) is 80.6 cm³/mol. The molecule has 0 fully saturated rings. The number of hydrogen-bond donors (Lipinski definition) is 0. The molecule has 0 aliphatic carbocycles. The summed E-state index contributed by atoms with van der Waals surface area (Å²) in [6.07, 6.45) is 1.94. The van der Waals surface area contributed by atoms with E-state index in [9.17, 15) is 9.59 Å². The first-order valence-electron chi connectivity index (χ1n) is 6.37. The van der Waals surface area contributed by atoms with E-state index in [0.29, 0.717) is 21.7 Å². The number of aromatic nitrogens is 1. The smallest absolute Gasteiger partial charge is 0.252 e. The van der Waals surface area contributed by atoms with Gasteiger partial charge in [-0.1, -0.05) is 0 Å². The van der Waals surface area contributed by atoms with Gasteiger partial charge in [0, 0.05) is 29.8 Å². The summed E-state index contributed by atoms with van der Waals surface area (Å²) in [6, 6.07) is 5.07. The van der Waals surface area contributed by atoms with Gasteiger partial charge in [-0.2, -0.15) is 4.99 Å². The maximum atomic E-state index is 12.1. The second-order valence-corrected chi connectivity index (χ2v) is 5.43. The van der Waals surface area contributed by atoms with Gasteiger partial charge in [0.05, 0.1) is 13.5 Å². The molecule has 2 rings (SSSR count). The number of ether oxygens (including phenoxy) is 1. The minimum absolute atomic E-state index is 0.0482. The Labute approximate surface area is 126 Å². The highest BCUT2D eigenvalue weighted by molar-refractivity contribution is 7.07. The number of benzene rings is 1.